The van der Waals surface area contributed by atoms with E-state index in [9.17, 15) is 0 Å². The van der Waals surface area contributed by atoms with Crippen molar-refractivity contribution in [1.82, 2.24) is 0 Å². The number of hydrogen-bond donors (Lipinski definition) is 0. The molecule has 0 bridgehead atoms. The molecule has 2 rings (SSSR count). The van der Waals surface area contributed by atoms with E-state index in [2.05, 4.69) is 55.1 Å². The summed E-state index contributed by atoms with van der Waals surface area (Å²) in [6.07, 6.45) is 0. The molecule has 12 heavy (non-hydrogen) atoms. The van der Waals surface area contributed by atoms with Crippen LogP contribution in [0.5, 0.6) is 0 Å². The van der Waals surface area contributed by atoms with Crippen molar-refractivity contribution in [3.05, 3.63) is 36.4 Å². The summed E-state index contributed by atoms with van der Waals surface area (Å²) in [7, 11) is 2.01. The first-order valence-electron chi connectivity index (χ1n) is 4.01. The molecule has 1 nitrogen and oxygen atoms in total. The average molecular weight is 177 g/mol. The normalized spacial score (nSPS) is 20.8. The fourth-order valence-electron chi connectivity index (χ4n) is 1.51. The fraction of sp³-hybridized carbons (Fsp3) is 0.200. The van der Waals surface area contributed by atoms with Crippen molar-refractivity contribution < 1.29 is 4.58 Å². The van der Waals surface area contributed by atoms with Gasteiger partial charge in [0.1, 0.15) is 7.05 Å². The van der Waals surface area contributed by atoms with Crippen LogP contribution in [0.1, 0.15) is 5.56 Å². The fourth-order valence-corrected chi connectivity index (χ4v) is 3.10. The second-order valence-corrected chi connectivity index (χ2v) is 5.01. The summed E-state index contributed by atoms with van der Waals surface area (Å²) in [6.45, 7) is 4.47. The quantitative estimate of drug-likeness (QED) is 0.322. The van der Waals surface area contributed by atoms with Crippen LogP contribution in [0.2, 0.25) is 0 Å². The highest BCUT2D eigenvalue weighted by Crippen LogP contribution is 2.30. The van der Waals surface area contributed by atoms with Gasteiger partial charge >= 0.3 is 0 Å². The lowest BCUT2D eigenvalue weighted by Gasteiger charge is -2.22. The largest absolute Gasteiger partial charge is 0.287 e. The van der Waals surface area contributed by atoms with Gasteiger partial charge in [0.15, 0.2) is 0 Å². The molecule has 0 saturated heterocycles. The standard InChI is InChI=1S/C10H12NP/c1-11-7-9-5-3-4-6-10(9)12(2)8-11/h3-8H,1-2H3. The van der Waals surface area contributed by atoms with E-state index in [-0.39, 0.29) is 7.92 Å². The molecule has 0 amide bonds. The van der Waals surface area contributed by atoms with Gasteiger partial charge in [0.2, 0.25) is 0 Å². The molecule has 62 valence electrons. The minimum atomic E-state index is -0.0772. The van der Waals surface area contributed by atoms with Crippen LogP contribution in [-0.2, 0) is 0 Å². The Kier molecular flexibility index (Phi) is 1.90. The molecule has 0 radical (unpaired) electrons. The molecule has 1 aromatic carbocycles. The van der Waals surface area contributed by atoms with Crippen molar-refractivity contribution in [3.63, 3.8) is 0 Å². The van der Waals surface area contributed by atoms with Gasteiger partial charge in [-0.3, -0.25) is 4.58 Å². The number of benzene rings is 1. The molecular weight excluding hydrogens is 165 g/mol. The van der Waals surface area contributed by atoms with Crippen LogP contribution in [0.25, 0.3) is 0 Å². The summed E-state index contributed by atoms with van der Waals surface area (Å²) in [4.78, 5) is 0. The monoisotopic (exact) mass is 177 g/mol. The second-order valence-electron chi connectivity index (χ2n) is 3.08. The number of rotatable bonds is 0. The van der Waals surface area contributed by atoms with Crippen LogP contribution < -0.4 is 5.30 Å². The summed E-state index contributed by atoms with van der Waals surface area (Å²) in [5.41, 5.74) is 1.37. The summed E-state index contributed by atoms with van der Waals surface area (Å²) in [5.74, 6) is 2.29. The smallest absolute Gasteiger partial charge is 0.120 e. The van der Waals surface area contributed by atoms with Gasteiger partial charge in [-0.15, -0.1) is 12.1 Å². The van der Waals surface area contributed by atoms with E-state index in [1.807, 2.05) is 0 Å². The number of nitrogens with zero attached hydrogens (tertiary/aromatic N) is 1. The Morgan fingerprint density at radius 2 is 2.08 bits per heavy atom. The Morgan fingerprint density at radius 3 is 2.92 bits per heavy atom. The molecule has 0 saturated carbocycles. The van der Waals surface area contributed by atoms with E-state index in [1.54, 1.807) is 0 Å². The molecule has 1 aliphatic heterocycles. The Labute approximate surface area is 74.5 Å². The maximum absolute atomic E-state index is 2.29. The third-order valence-electron chi connectivity index (χ3n) is 2.01. The average Bonchev–Trinajstić information content (AvgIpc) is 2.04. The zero-order chi connectivity index (χ0) is 8.55. The minimum absolute atomic E-state index is 0.0772. The van der Waals surface area contributed by atoms with Gasteiger partial charge in [-0.05, 0) is 6.66 Å². The van der Waals surface area contributed by atoms with Crippen molar-refractivity contribution in [3.8, 4) is 0 Å². The van der Waals surface area contributed by atoms with Crippen molar-refractivity contribution in [1.29, 1.82) is 0 Å². The highest BCUT2D eigenvalue weighted by molar-refractivity contribution is 7.78. The van der Waals surface area contributed by atoms with Gasteiger partial charge in [-0.25, -0.2) is 0 Å². The summed E-state index contributed by atoms with van der Waals surface area (Å²) < 4.78 is 2.16. The van der Waals surface area contributed by atoms with E-state index >= 15 is 0 Å². The maximum atomic E-state index is 2.29. The number of hydrogen-bond acceptors (Lipinski definition) is 0. The Bertz CT molecular complexity index is 330. The zero-order valence-corrected chi connectivity index (χ0v) is 8.25. The van der Waals surface area contributed by atoms with Crippen molar-refractivity contribution >= 4 is 19.2 Å². The molecule has 1 unspecified atom stereocenters. The first kappa shape index (κ1) is 7.82. The molecule has 0 aromatic heterocycles. The Morgan fingerprint density at radius 1 is 1.33 bits per heavy atom. The van der Waals surface area contributed by atoms with Crippen LogP contribution in [0.3, 0.4) is 0 Å². The molecule has 0 spiro atoms. The van der Waals surface area contributed by atoms with Gasteiger partial charge in [0, 0.05) is 0 Å². The van der Waals surface area contributed by atoms with Crippen LogP contribution >= 0.6 is 7.92 Å². The van der Waals surface area contributed by atoms with Crippen LogP contribution in [0.15, 0.2) is 24.3 Å². The molecule has 0 fully saturated rings. The van der Waals surface area contributed by atoms with E-state index < -0.39 is 0 Å². The van der Waals surface area contributed by atoms with Crippen molar-refractivity contribution in [2.45, 2.75) is 0 Å². The molecule has 0 N–H and O–H groups in total. The highest BCUT2D eigenvalue weighted by Gasteiger charge is 2.10. The van der Waals surface area contributed by atoms with Gasteiger partial charge in [-0.2, -0.15) is 0 Å². The maximum Gasteiger partial charge on any atom is 0.120 e. The molecule has 2 heteroatoms. The van der Waals surface area contributed by atoms with Crippen molar-refractivity contribution in [2.75, 3.05) is 13.7 Å². The summed E-state index contributed by atoms with van der Waals surface area (Å²) in [6, 6.07) is 8.61. The molecular formula is C10H12NP. The van der Waals surface area contributed by atoms with E-state index in [1.165, 1.54) is 10.9 Å². The number of fused-ring (bicyclic) bond motifs is 1. The van der Waals surface area contributed by atoms with E-state index in [0.717, 1.165) is 0 Å². The first-order chi connectivity index (χ1) is 5.77. The third kappa shape index (κ3) is 1.25. The zero-order valence-electron chi connectivity index (χ0n) is 7.36. The van der Waals surface area contributed by atoms with Gasteiger partial charge in [0.05, 0.1) is 12.5 Å². The lowest BCUT2D eigenvalue weighted by atomic mass is 10.2. The van der Waals surface area contributed by atoms with Crippen LogP contribution in [-0.4, -0.2) is 24.2 Å². The lowest BCUT2D eigenvalue weighted by molar-refractivity contribution is -0.441. The molecule has 0 aliphatic carbocycles. The lowest BCUT2D eigenvalue weighted by Crippen LogP contribution is -2.19. The van der Waals surface area contributed by atoms with Crippen LogP contribution in [0, 0.1) is 6.54 Å². The SMILES string of the molecule is C[N+]1=CP(C)c2ccccc2[CH-]1. The van der Waals surface area contributed by atoms with Crippen molar-refractivity contribution in [2.24, 2.45) is 0 Å². The summed E-state index contributed by atoms with van der Waals surface area (Å²) in [5, 5.41) is 1.49. The second kappa shape index (κ2) is 2.91. The van der Waals surface area contributed by atoms with E-state index in [4.69, 9.17) is 0 Å². The molecule has 1 aliphatic rings. The molecule has 1 heterocycles. The van der Waals surface area contributed by atoms with E-state index in [0.29, 0.717) is 0 Å². The first-order valence-corrected chi connectivity index (χ1v) is 5.87. The predicted octanol–water partition coefficient (Wildman–Crippen LogP) is 1.62. The van der Waals surface area contributed by atoms with Crippen LogP contribution in [0.4, 0.5) is 0 Å². The Balaban J connectivity index is 2.48. The highest BCUT2D eigenvalue weighted by atomic mass is 31.1. The third-order valence-corrected chi connectivity index (χ3v) is 3.89. The predicted molar refractivity (Wildman–Crippen MR) is 54.6 cm³/mol. The molecule has 1 atom stereocenters. The Hall–Kier alpha value is -0.810. The molecule has 1 aromatic rings. The minimum Gasteiger partial charge on any atom is -0.287 e. The van der Waals surface area contributed by atoms with Gasteiger partial charge in [-0.1, -0.05) is 30.9 Å². The van der Waals surface area contributed by atoms with Gasteiger partial charge in [0.25, 0.3) is 0 Å². The van der Waals surface area contributed by atoms with Gasteiger partial charge < -0.3 is 0 Å². The summed E-state index contributed by atoms with van der Waals surface area (Å²) >= 11 is 0. The topological polar surface area (TPSA) is 3.01 Å².